The molecule has 1 saturated carbocycles. The van der Waals surface area contributed by atoms with Crippen LogP contribution in [0.15, 0.2) is 53.7 Å². The third-order valence-corrected chi connectivity index (χ3v) is 5.06. The molecule has 2 N–H and O–H groups in total. The van der Waals surface area contributed by atoms with Crippen molar-refractivity contribution in [2.75, 3.05) is 0 Å². The van der Waals surface area contributed by atoms with Gasteiger partial charge in [0.25, 0.3) is 11.5 Å². The Balaban J connectivity index is 1.59. The lowest BCUT2D eigenvalue weighted by Crippen LogP contribution is -2.32. The summed E-state index contributed by atoms with van der Waals surface area (Å²) in [6, 6.07) is 11.4. The average Bonchev–Trinajstić information content (AvgIpc) is 2.64. The maximum atomic E-state index is 12.8. The van der Waals surface area contributed by atoms with E-state index in [1.54, 1.807) is 0 Å². The van der Waals surface area contributed by atoms with Crippen molar-refractivity contribution in [2.24, 2.45) is 5.92 Å². The number of H-pyrrole nitrogens is 1. The zero-order valence-electron chi connectivity index (χ0n) is 14.3. The summed E-state index contributed by atoms with van der Waals surface area (Å²) >= 11 is 0. The first kappa shape index (κ1) is 16.4. The number of carbonyl (C=O) groups excluding carboxylic acids is 1. The number of aromatic amines is 1. The molecule has 1 fully saturated rings. The third kappa shape index (κ3) is 3.35. The molecule has 2 heterocycles. The van der Waals surface area contributed by atoms with E-state index in [1.165, 1.54) is 37.9 Å². The lowest BCUT2D eigenvalue weighted by molar-refractivity contribution is 0.0920. The van der Waals surface area contributed by atoms with Gasteiger partial charge in [0.15, 0.2) is 0 Å². The number of hydrogen-bond acceptors (Lipinski definition) is 4. The molecule has 0 bridgehead atoms. The number of nitrogens with one attached hydrogen (secondary N) is 2. The van der Waals surface area contributed by atoms with Crippen LogP contribution < -0.4 is 10.9 Å². The number of carbonyl (C=O) groups is 1. The molecule has 2 aromatic heterocycles. The molecule has 0 unspecified atom stereocenters. The molecule has 4 rings (SSSR count). The minimum absolute atomic E-state index is 0.0568. The van der Waals surface area contributed by atoms with Crippen molar-refractivity contribution in [3.8, 4) is 0 Å². The van der Waals surface area contributed by atoms with Gasteiger partial charge in [-0.1, -0.05) is 49.6 Å². The molecule has 6 heteroatoms. The quantitative estimate of drug-likeness (QED) is 0.742. The SMILES string of the molecule is O=C(N[C@@H](CC1CCC1)c1ccccc1)c1cc2c(=O)[nH]cnc2cn1. The topological polar surface area (TPSA) is 87.7 Å². The van der Waals surface area contributed by atoms with Gasteiger partial charge in [0.05, 0.1) is 29.5 Å². The molecule has 3 aromatic rings. The first-order valence-corrected chi connectivity index (χ1v) is 8.90. The Morgan fingerprint density at radius 3 is 2.77 bits per heavy atom. The Hall–Kier alpha value is -3.02. The Morgan fingerprint density at radius 2 is 2.04 bits per heavy atom. The van der Waals surface area contributed by atoms with Gasteiger partial charge in [-0.25, -0.2) is 9.97 Å². The molecule has 1 amide bonds. The summed E-state index contributed by atoms with van der Waals surface area (Å²) < 4.78 is 0. The van der Waals surface area contributed by atoms with E-state index in [0.717, 1.165) is 12.0 Å². The van der Waals surface area contributed by atoms with Gasteiger partial charge in [-0.2, -0.15) is 0 Å². The first-order chi connectivity index (χ1) is 12.7. The third-order valence-electron chi connectivity index (χ3n) is 5.06. The Labute approximate surface area is 150 Å². The van der Waals surface area contributed by atoms with Gasteiger partial charge in [-0.3, -0.25) is 9.59 Å². The molecular formula is C20H20N4O2. The lowest BCUT2D eigenvalue weighted by atomic mass is 9.79. The van der Waals surface area contributed by atoms with E-state index in [9.17, 15) is 9.59 Å². The van der Waals surface area contributed by atoms with Crippen molar-refractivity contribution in [3.05, 3.63) is 70.5 Å². The zero-order chi connectivity index (χ0) is 17.9. The summed E-state index contributed by atoms with van der Waals surface area (Å²) in [6.07, 6.45) is 7.41. The summed E-state index contributed by atoms with van der Waals surface area (Å²) in [5, 5.41) is 3.46. The van der Waals surface area contributed by atoms with Gasteiger partial charge in [0.2, 0.25) is 0 Å². The monoisotopic (exact) mass is 348 g/mol. The largest absolute Gasteiger partial charge is 0.344 e. The number of pyridine rings is 1. The van der Waals surface area contributed by atoms with Crippen molar-refractivity contribution in [1.29, 1.82) is 0 Å². The van der Waals surface area contributed by atoms with E-state index in [0.29, 0.717) is 16.8 Å². The number of nitrogens with zero attached hydrogens (tertiary/aromatic N) is 2. The van der Waals surface area contributed by atoms with Crippen LogP contribution in [-0.4, -0.2) is 20.9 Å². The predicted molar refractivity (Wildman–Crippen MR) is 98.8 cm³/mol. The van der Waals surface area contributed by atoms with Crippen LogP contribution in [-0.2, 0) is 0 Å². The number of rotatable bonds is 5. The number of hydrogen-bond donors (Lipinski definition) is 2. The van der Waals surface area contributed by atoms with Crippen LogP contribution in [0.25, 0.3) is 10.9 Å². The molecule has 1 aromatic carbocycles. The molecule has 0 aliphatic heterocycles. The van der Waals surface area contributed by atoms with Gasteiger partial charge in [-0.15, -0.1) is 0 Å². The van der Waals surface area contributed by atoms with Gasteiger partial charge >= 0.3 is 0 Å². The second kappa shape index (κ2) is 7.07. The molecule has 6 nitrogen and oxygen atoms in total. The van der Waals surface area contributed by atoms with Gasteiger partial charge in [-0.05, 0) is 24.0 Å². The molecule has 1 aliphatic rings. The highest BCUT2D eigenvalue weighted by Gasteiger charge is 2.25. The van der Waals surface area contributed by atoms with E-state index in [4.69, 9.17) is 0 Å². The normalized spacial score (nSPS) is 15.4. The van der Waals surface area contributed by atoms with Crippen LogP contribution in [0.2, 0.25) is 0 Å². The standard InChI is InChI=1S/C20H20N4O2/c25-19-15-10-17(21-11-18(15)22-12-23-19)20(26)24-16(9-13-5-4-6-13)14-7-2-1-3-8-14/h1-3,7-8,10-13,16H,4-6,9H2,(H,24,26)(H,22,23,25)/t16-/m0/s1. The van der Waals surface area contributed by atoms with E-state index in [1.807, 2.05) is 30.3 Å². The van der Waals surface area contributed by atoms with E-state index in [2.05, 4.69) is 20.3 Å². The highest BCUT2D eigenvalue weighted by atomic mass is 16.2. The summed E-state index contributed by atoms with van der Waals surface area (Å²) in [7, 11) is 0. The van der Waals surface area contributed by atoms with Crippen LogP contribution in [0.5, 0.6) is 0 Å². The van der Waals surface area contributed by atoms with Crippen molar-refractivity contribution < 1.29 is 4.79 Å². The minimum atomic E-state index is -0.277. The lowest BCUT2D eigenvalue weighted by Gasteiger charge is -2.30. The molecular weight excluding hydrogens is 328 g/mol. The average molecular weight is 348 g/mol. The van der Waals surface area contributed by atoms with E-state index >= 15 is 0 Å². The summed E-state index contributed by atoms with van der Waals surface area (Å²) in [5.74, 6) is 0.375. The molecule has 132 valence electrons. The fourth-order valence-electron chi connectivity index (χ4n) is 3.35. The minimum Gasteiger partial charge on any atom is -0.344 e. The second-order valence-electron chi connectivity index (χ2n) is 6.79. The number of benzene rings is 1. The fourth-order valence-corrected chi connectivity index (χ4v) is 3.35. The highest BCUT2D eigenvalue weighted by Crippen LogP contribution is 2.34. The van der Waals surface area contributed by atoms with Crippen molar-refractivity contribution in [3.63, 3.8) is 0 Å². The Kier molecular flexibility index (Phi) is 4.48. The van der Waals surface area contributed by atoms with Crippen LogP contribution in [0.4, 0.5) is 0 Å². The fraction of sp³-hybridized carbons (Fsp3) is 0.300. The summed E-state index contributed by atoms with van der Waals surface area (Å²) in [6.45, 7) is 0. The van der Waals surface area contributed by atoms with Crippen molar-refractivity contribution in [1.82, 2.24) is 20.3 Å². The molecule has 1 aliphatic carbocycles. The summed E-state index contributed by atoms with van der Waals surface area (Å²) in [4.78, 5) is 35.5. The van der Waals surface area contributed by atoms with Gasteiger partial charge in [0.1, 0.15) is 5.69 Å². The number of aromatic nitrogens is 3. The molecule has 1 atom stereocenters. The van der Waals surface area contributed by atoms with Crippen LogP contribution in [0.1, 0.15) is 47.8 Å². The first-order valence-electron chi connectivity index (χ1n) is 8.90. The molecule has 26 heavy (non-hydrogen) atoms. The Morgan fingerprint density at radius 1 is 1.23 bits per heavy atom. The smallest absolute Gasteiger partial charge is 0.270 e. The Bertz CT molecular complexity index is 980. The maximum Gasteiger partial charge on any atom is 0.270 e. The zero-order valence-corrected chi connectivity index (χ0v) is 14.3. The van der Waals surface area contributed by atoms with E-state index < -0.39 is 0 Å². The van der Waals surface area contributed by atoms with E-state index in [-0.39, 0.29) is 23.2 Å². The number of amides is 1. The maximum absolute atomic E-state index is 12.8. The molecule has 0 spiro atoms. The van der Waals surface area contributed by atoms with Gasteiger partial charge in [0, 0.05) is 0 Å². The highest BCUT2D eigenvalue weighted by molar-refractivity contribution is 5.95. The number of fused-ring (bicyclic) bond motifs is 1. The van der Waals surface area contributed by atoms with Gasteiger partial charge < -0.3 is 10.3 Å². The predicted octanol–water partition coefficient (Wildman–Crippen LogP) is 2.98. The van der Waals surface area contributed by atoms with Crippen LogP contribution >= 0.6 is 0 Å². The molecule has 0 radical (unpaired) electrons. The second-order valence-corrected chi connectivity index (χ2v) is 6.79. The van der Waals surface area contributed by atoms with Crippen molar-refractivity contribution in [2.45, 2.75) is 31.7 Å². The molecule has 0 saturated heterocycles. The van der Waals surface area contributed by atoms with Crippen LogP contribution in [0, 0.1) is 5.92 Å². The van der Waals surface area contributed by atoms with Crippen molar-refractivity contribution >= 4 is 16.8 Å². The van der Waals surface area contributed by atoms with Crippen LogP contribution in [0.3, 0.4) is 0 Å². The summed E-state index contributed by atoms with van der Waals surface area (Å²) in [5.41, 5.74) is 1.51.